The van der Waals surface area contributed by atoms with Gasteiger partial charge in [-0.2, -0.15) is 0 Å². The summed E-state index contributed by atoms with van der Waals surface area (Å²) in [6, 6.07) is 15.1. The van der Waals surface area contributed by atoms with Gasteiger partial charge >= 0.3 is 12.1 Å². The van der Waals surface area contributed by atoms with Gasteiger partial charge in [0.15, 0.2) is 0 Å². The molecule has 0 saturated heterocycles. The fourth-order valence-corrected chi connectivity index (χ4v) is 2.44. The number of rotatable bonds is 6. The van der Waals surface area contributed by atoms with Crippen molar-refractivity contribution in [2.45, 2.75) is 26.4 Å². The first kappa shape index (κ1) is 20.3. The highest BCUT2D eigenvalue weighted by atomic mass is 16.6. The molecular weight excluding hydrogens is 344 g/mol. The van der Waals surface area contributed by atoms with Crippen LogP contribution in [0.15, 0.2) is 48.5 Å². The highest BCUT2D eigenvalue weighted by Crippen LogP contribution is 2.23. The van der Waals surface area contributed by atoms with Crippen molar-refractivity contribution in [2.75, 3.05) is 25.5 Å². The standard InChI is InChI=1S/C21H26N2O4/c1-21(2,3)27-20(25)23-12-11-22-18-10-6-8-16(14-18)15-7-5-9-17(13-15)19(24)26-4/h5-10,13-14,22H,11-12H2,1-4H3,(H,23,25). The third-order valence-electron chi connectivity index (χ3n) is 3.60. The maximum absolute atomic E-state index is 11.7. The van der Waals surface area contributed by atoms with E-state index in [0.29, 0.717) is 18.7 Å². The third-order valence-corrected chi connectivity index (χ3v) is 3.60. The van der Waals surface area contributed by atoms with Crippen LogP contribution in [0.1, 0.15) is 31.1 Å². The number of alkyl carbamates (subject to hydrolysis) is 1. The fourth-order valence-electron chi connectivity index (χ4n) is 2.44. The van der Waals surface area contributed by atoms with Crippen LogP contribution in [-0.2, 0) is 9.47 Å². The lowest BCUT2D eigenvalue weighted by Gasteiger charge is -2.19. The van der Waals surface area contributed by atoms with Gasteiger partial charge in [-0.05, 0) is 56.2 Å². The Hall–Kier alpha value is -3.02. The first-order valence-electron chi connectivity index (χ1n) is 8.78. The van der Waals surface area contributed by atoms with Crippen molar-refractivity contribution in [2.24, 2.45) is 0 Å². The zero-order chi connectivity index (χ0) is 19.9. The average Bonchev–Trinajstić information content (AvgIpc) is 2.63. The van der Waals surface area contributed by atoms with E-state index in [9.17, 15) is 9.59 Å². The summed E-state index contributed by atoms with van der Waals surface area (Å²) in [7, 11) is 1.37. The molecule has 0 radical (unpaired) electrons. The first-order valence-corrected chi connectivity index (χ1v) is 8.78. The number of carbonyl (C=O) groups is 2. The van der Waals surface area contributed by atoms with Crippen molar-refractivity contribution >= 4 is 17.7 Å². The van der Waals surface area contributed by atoms with E-state index in [1.54, 1.807) is 12.1 Å². The second kappa shape index (κ2) is 9.07. The Morgan fingerprint density at radius 3 is 2.30 bits per heavy atom. The van der Waals surface area contributed by atoms with E-state index in [-0.39, 0.29) is 5.97 Å². The average molecular weight is 370 g/mol. The minimum absolute atomic E-state index is 0.362. The van der Waals surface area contributed by atoms with E-state index in [4.69, 9.17) is 9.47 Å². The van der Waals surface area contributed by atoms with Crippen molar-refractivity contribution in [3.05, 3.63) is 54.1 Å². The van der Waals surface area contributed by atoms with Crippen molar-refractivity contribution in [1.82, 2.24) is 5.32 Å². The van der Waals surface area contributed by atoms with Crippen molar-refractivity contribution < 1.29 is 19.1 Å². The second-order valence-electron chi connectivity index (χ2n) is 7.01. The van der Waals surface area contributed by atoms with Crippen molar-refractivity contribution in [3.63, 3.8) is 0 Å². The zero-order valence-corrected chi connectivity index (χ0v) is 16.2. The van der Waals surface area contributed by atoms with Crippen LogP contribution < -0.4 is 10.6 Å². The number of ether oxygens (including phenoxy) is 2. The van der Waals surface area contributed by atoms with E-state index < -0.39 is 11.7 Å². The number of hydrogen-bond donors (Lipinski definition) is 2. The van der Waals surface area contributed by atoms with Gasteiger partial charge in [0.05, 0.1) is 12.7 Å². The van der Waals surface area contributed by atoms with Gasteiger partial charge in [-0.3, -0.25) is 0 Å². The minimum Gasteiger partial charge on any atom is -0.465 e. The maximum atomic E-state index is 11.7. The first-order chi connectivity index (χ1) is 12.8. The normalized spacial score (nSPS) is 10.8. The van der Waals surface area contributed by atoms with Gasteiger partial charge in [0.1, 0.15) is 5.60 Å². The molecule has 0 aliphatic heterocycles. The molecule has 0 fully saturated rings. The van der Waals surface area contributed by atoms with Crippen molar-refractivity contribution in [3.8, 4) is 11.1 Å². The smallest absolute Gasteiger partial charge is 0.407 e. The molecule has 0 unspecified atom stereocenters. The molecule has 6 heteroatoms. The summed E-state index contributed by atoms with van der Waals surface area (Å²) in [6.45, 7) is 6.48. The van der Waals surface area contributed by atoms with E-state index in [1.807, 2.05) is 57.2 Å². The van der Waals surface area contributed by atoms with Gasteiger partial charge in [-0.15, -0.1) is 0 Å². The predicted octanol–water partition coefficient (Wildman–Crippen LogP) is 4.08. The number of amides is 1. The predicted molar refractivity (Wildman–Crippen MR) is 106 cm³/mol. The second-order valence-corrected chi connectivity index (χ2v) is 7.01. The lowest BCUT2D eigenvalue weighted by atomic mass is 10.0. The monoisotopic (exact) mass is 370 g/mol. The molecule has 0 heterocycles. The lowest BCUT2D eigenvalue weighted by molar-refractivity contribution is 0.0528. The molecule has 144 valence electrons. The van der Waals surface area contributed by atoms with Gasteiger partial charge in [0, 0.05) is 18.8 Å². The highest BCUT2D eigenvalue weighted by molar-refractivity contribution is 5.91. The maximum Gasteiger partial charge on any atom is 0.407 e. The molecule has 0 aromatic heterocycles. The van der Waals surface area contributed by atoms with Crippen LogP contribution in [0.2, 0.25) is 0 Å². The quantitative estimate of drug-likeness (QED) is 0.592. The molecule has 0 saturated carbocycles. The van der Waals surface area contributed by atoms with E-state index in [2.05, 4.69) is 10.6 Å². The topological polar surface area (TPSA) is 76.7 Å². The van der Waals surface area contributed by atoms with Gasteiger partial charge < -0.3 is 20.1 Å². The Labute approximate surface area is 159 Å². The van der Waals surface area contributed by atoms with Gasteiger partial charge in [-0.1, -0.05) is 24.3 Å². The minimum atomic E-state index is -0.509. The number of carbonyl (C=O) groups excluding carboxylic acids is 2. The molecule has 2 rings (SSSR count). The molecule has 2 aromatic rings. The van der Waals surface area contributed by atoms with E-state index >= 15 is 0 Å². The molecule has 0 atom stereocenters. The van der Waals surface area contributed by atoms with Crippen LogP contribution >= 0.6 is 0 Å². The van der Waals surface area contributed by atoms with Crippen LogP contribution in [0.3, 0.4) is 0 Å². The van der Waals surface area contributed by atoms with Crippen LogP contribution in [0, 0.1) is 0 Å². The Morgan fingerprint density at radius 1 is 0.963 bits per heavy atom. The molecule has 2 aromatic carbocycles. The number of anilines is 1. The van der Waals surface area contributed by atoms with Gasteiger partial charge in [0.25, 0.3) is 0 Å². The summed E-state index contributed by atoms with van der Waals surface area (Å²) in [6.07, 6.45) is -0.433. The summed E-state index contributed by atoms with van der Waals surface area (Å²) in [5.41, 5.74) is 2.82. The van der Waals surface area contributed by atoms with Crippen LogP contribution in [0.4, 0.5) is 10.5 Å². The summed E-state index contributed by atoms with van der Waals surface area (Å²) in [4.78, 5) is 23.3. The molecule has 27 heavy (non-hydrogen) atoms. The zero-order valence-electron chi connectivity index (χ0n) is 16.2. The number of nitrogens with one attached hydrogen (secondary N) is 2. The van der Waals surface area contributed by atoms with Crippen LogP contribution in [0.5, 0.6) is 0 Å². The largest absolute Gasteiger partial charge is 0.465 e. The molecule has 2 N–H and O–H groups in total. The molecule has 6 nitrogen and oxygen atoms in total. The van der Waals surface area contributed by atoms with E-state index in [0.717, 1.165) is 16.8 Å². The molecule has 0 aliphatic rings. The Kier molecular flexibility index (Phi) is 6.82. The molecule has 0 bridgehead atoms. The Morgan fingerprint density at radius 2 is 1.63 bits per heavy atom. The summed E-state index contributed by atoms with van der Waals surface area (Å²) in [5, 5.41) is 5.97. The molecule has 0 spiro atoms. The van der Waals surface area contributed by atoms with Crippen LogP contribution in [-0.4, -0.2) is 37.9 Å². The third kappa shape index (κ3) is 6.66. The number of esters is 1. The SMILES string of the molecule is COC(=O)c1cccc(-c2cccc(NCCNC(=O)OC(C)(C)C)c2)c1. The summed E-state index contributed by atoms with van der Waals surface area (Å²) >= 11 is 0. The lowest BCUT2D eigenvalue weighted by Crippen LogP contribution is -2.34. The number of methoxy groups -OCH3 is 1. The van der Waals surface area contributed by atoms with E-state index in [1.165, 1.54) is 7.11 Å². The van der Waals surface area contributed by atoms with Crippen molar-refractivity contribution in [1.29, 1.82) is 0 Å². The molecule has 1 amide bonds. The molecule has 0 aliphatic carbocycles. The fraction of sp³-hybridized carbons (Fsp3) is 0.333. The number of hydrogen-bond acceptors (Lipinski definition) is 5. The summed E-state index contributed by atoms with van der Waals surface area (Å²) < 4.78 is 9.96. The van der Waals surface area contributed by atoms with Gasteiger partial charge in [-0.25, -0.2) is 9.59 Å². The van der Waals surface area contributed by atoms with Crippen LogP contribution in [0.25, 0.3) is 11.1 Å². The number of benzene rings is 2. The van der Waals surface area contributed by atoms with Gasteiger partial charge in [0.2, 0.25) is 0 Å². The summed E-state index contributed by atoms with van der Waals surface area (Å²) in [5.74, 6) is -0.362. The Bertz CT molecular complexity index is 797. The highest BCUT2D eigenvalue weighted by Gasteiger charge is 2.15. The Balaban J connectivity index is 1.94. The molecular formula is C21H26N2O4.